The third-order valence-corrected chi connectivity index (χ3v) is 4.86. The van der Waals surface area contributed by atoms with Gasteiger partial charge in [0.1, 0.15) is 0 Å². The minimum atomic E-state index is 0.0244. The minimum Gasteiger partial charge on any atom is -0.294 e. The van der Waals surface area contributed by atoms with Crippen LogP contribution in [-0.4, -0.2) is 11.6 Å². The van der Waals surface area contributed by atoms with Gasteiger partial charge in [-0.15, -0.1) is 11.3 Å². The van der Waals surface area contributed by atoms with E-state index in [4.69, 9.17) is 0 Å². The Morgan fingerprint density at radius 3 is 2.78 bits per heavy atom. The molecular formula is C20H18O2S. The highest BCUT2D eigenvalue weighted by Gasteiger charge is 2.12. The van der Waals surface area contributed by atoms with Gasteiger partial charge in [-0.3, -0.25) is 9.59 Å². The Kier molecular flexibility index (Phi) is 4.68. The molecule has 0 fully saturated rings. The van der Waals surface area contributed by atoms with Crippen LogP contribution in [0.15, 0.2) is 65.1 Å². The van der Waals surface area contributed by atoms with Gasteiger partial charge in [0.2, 0.25) is 0 Å². The van der Waals surface area contributed by atoms with E-state index in [1.54, 1.807) is 11.3 Å². The van der Waals surface area contributed by atoms with Crippen LogP contribution >= 0.6 is 11.3 Å². The van der Waals surface area contributed by atoms with Crippen LogP contribution in [0.1, 0.15) is 36.5 Å². The van der Waals surface area contributed by atoms with Gasteiger partial charge < -0.3 is 0 Å². The van der Waals surface area contributed by atoms with E-state index >= 15 is 0 Å². The predicted octanol–water partition coefficient (Wildman–Crippen LogP) is 5.27. The summed E-state index contributed by atoms with van der Waals surface area (Å²) in [6.07, 6.45) is 9.05. The fourth-order valence-corrected chi connectivity index (χ4v) is 3.34. The molecule has 0 amide bonds. The van der Waals surface area contributed by atoms with E-state index in [9.17, 15) is 9.59 Å². The molecule has 3 rings (SSSR count). The summed E-state index contributed by atoms with van der Waals surface area (Å²) >= 11 is 1.66. The summed E-state index contributed by atoms with van der Waals surface area (Å²) in [7, 11) is 0. The SMILES string of the molecule is CC1=CC=C(C(=O)CCC(=O)c2ccc3sccc3c2)C=CC1. The maximum atomic E-state index is 12.3. The lowest BCUT2D eigenvalue weighted by molar-refractivity contribution is -0.115. The van der Waals surface area contributed by atoms with E-state index in [0.29, 0.717) is 11.1 Å². The number of Topliss-reactive ketones (excluding diaryl/α,β-unsaturated/α-hetero) is 2. The van der Waals surface area contributed by atoms with Crippen LogP contribution in [-0.2, 0) is 4.79 Å². The molecule has 0 saturated heterocycles. The standard InChI is InChI=1S/C20H18O2S/c1-14-3-2-4-15(6-5-14)18(21)8-9-19(22)16-7-10-20-17(13-16)11-12-23-20/h2,4-7,10-13H,3,8-9H2,1H3. The Bertz CT molecular complexity index is 849. The first-order valence-corrected chi connectivity index (χ1v) is 8.59. The predicted molar refractivity (Wildman–Crippen MR) is 96.0 cm³/mol. The number of hydrogen-bond acceptors (Lipinski definition) is 3. The van der Waals surface area contributed by atoms with Crippen molar-refractivity contribution in [2.45, 2.75) is 26.2 Å². The van der Waals surface area contributed by atoms with Crippen LogP contribution in [0.2, 0.25) is 0 Å². The van der Waals surface area contributed by atoms with E-state index < -0.39 is 0 Å². The molecule has 3 heteroatoms. The largest absolute Gasteiger partial charge is 0.294 e. The molecule has 116 valence electrons. The average molecular weight is 322 g/mol. The Morgan fingerprint density at radius 2 is 1.91 bits per heavy atom. The van der Waals surface area contributed by atoms with Crippen molar-refractivity contribution in [3.05, 3.63) is 70.7 Å². The summed E-state index contributed by atoms with van der Waals surface area (Å²) in [6.45, 7) is 2.04. The number of carbonyl (C=O) groups is 2. The molecule has 0 radical (unpaired) electrons. The van der Waals surface area contributed by atoms with Crippen molar-refractivity contribution >= 4 is 33.0 Å². The molecule has 0 saturated carbocycles. The summed E-state index contributed by atoms with van der Waals surface area (Å²) in [5.41, 5.74) is 2.59. The van der Waals surface area contributed by atoms with Gasteiger partial charge in [0.25, 0.3) is 0 Å². The molecule has 0 atom stereocenters. The second kappa shape index (κ2) is 6.88. The van der Waals surface area contributed by atoms with E-state index in [2.05, 4.69) is 0 Å². The lowest BCUT2D eigenvalue weighted by atomic mass is 10.0. The van der Waals surface area contributed by atoms with Crippen molar-refractivity contribution in [1.82, 2.24) is 0 Å². The molecule has 1 aromatic carbocycles. The zero-order valence-corrected chi connectivity index (χ0v) is 13.9. The van der Waals surface area contributed by atoms with Crippen molar-refractivity contribution in [2.75, 3.05) is 0 Å². The van der Waals surface area contributed by atoms with Gasteiger partial charge in [-0.25, -0.2) is 0 Å². The summed E-state index contributed by atoms with van der Waals surface area (Å²) in [5, 5.41) is 3.10. The van der Waals surface area contributed by atoms with Crippen molar-refractivity contribution in [3.63, 3.8) is 0 Å². The Morgan fingerprint density at radius 1 is 1.09 bits per heavy atom. The fraction of sp³-hybridized carbons (Fsp3) is 0.200. The van der Waals surface area contributed by atoms with Crippen LogP contribution in [0.25, 0.3) is 10.1 Å². The highest BCUT2D eigenvalue weighted by molar-refractivity contribution is 7.17. The summed E-state index contributed by atoms with van der Waals surface area (Å²) in [4.78, 5) is 24.6. The number of fused-ring (bicyclic) bond motifs is 1. The lowest BCUT2D eigenvalue weighted by Gasteiger charge is -2.02. The summed E-state index contributed by atoms with van der Waals surface area (Å²) in [6, 6.07) is 7.75. The molecule has 0 bridgehead atoms. The molecule has 2 nitrogen and oxygen atoms in total. The normalized spacial score (nSPS) is 14.3. The number of carbonyl (C=O) groups excluding carboxylic acids is 2. The first-order valence-electron chi connectivity index (χ1n) is 7.71. The van der Waals surface area contributed by atoms with Gasteiger partial charge in [0, 0.05) is 28.7 Å². The second-order valence-electron chi connectivity index (χ2n) is 5.76. The maximum Gasteiger partial charge on any atom is 0.163 e. The number of thiophene rings is 1. The number of rotatable bonds is 5. The van der Waals surface area contributed by atoms with Crippen LogP contribution in [0, 0.1) is 0 Å². The summed E-state index contributed by atoms with van der Waals surface area (Å²) < 4.78 is 1.17. The van der Waals surface area contributed by atoms with Gasteiger partial charge in [-0.05, 0) is 48.4 Å². The van der Waals surface area contributed by atoms with Gasteiger partial charge in [-0.1, -0.05) is 29.9 Å². The summed E-state index contributed by atoms with van der Waals surface area (Å²) in [5.74, 6) is 0.0496. The highest BCUT2D eigenvalue weighted by Crippen LogP contribution is 2.23. The van der Waals surface area contributed by atoms with Crippen molar-refractivity contribution in [3.8, 4) is 0 Å². The third kappa shape index (κ3) is 3.74. The average Bonchev–Trinajstić information content (AvgIpc) is 2.92. The molecule has 0 unspecified atom stereocenters. The van der Waals surface area contributed by atoms with Crippen LogP contribution in [0.5, 0.6) is 0 Å². The molecule has 0 aliphatic heterocycles. The van der Waals surface area contributed by atoms with E-state index in [-0.39, 0.29) is 24.4 Å². The first kappa shape index (κ1) is 15.6. The van der Waals surface area contributed by atoms with E-state index in [1.165, 1.54) is 10.3 Å². The Labute approximate surface area is 139 Å². The number of benzene rings is 1. The number of hydrogen-bond donors (Lipinski definition) is 0. The molecule has 23 heavy (non-hydrogen) atoms. The second-order valence-corrected chi connectivity index (χ2v) is 6.71. The molecule has 0 N–H and O–H groups in total. The monoisotopic (exact) mass is 322 g/mol. The smallest absolute Gasteiger partial charge is 0.163 e. The topological polar surface area (TPSA) is 34.1 Å². The number of allylic oxidation sites excluding steroid dienone is 6. The third-order valence-electron chi connectivity index (χ3n) is 3.96. The highest BCUT2D eigenvalue weighted by atomic mass is 32.1. The van der Waals surface area contributed by atoms with Crippen molar-refractivity contribution in [2.24, 2.45) is 0 Å². The zero-order valence-electron chi connectivity index (χ0n) is 13.0. The Balaban J connectivity index is 1.65. The van der Waals surface area contributed by atoms with E-state index in [0.717, 1.165) is 11.8 Å². The molecule has 1 aromatic heterocycles. The van der Waals surface area contributed by atoms with Crippen LogP contribution < -0.4 is 0 Å². The lowest BCUT2D eigenvalue weighted by Crippen LogP contribution is -2.06. The van der Waals surface area contributed by atoms with Crippen molar-refractivity contribution < 1.29 is 9.59 Å². The molecule has 1 heterocycles. The molecule has 1 aliphatic carbocycles. The Hall–Kier alpha value is -2.26. The van der Waals surface area contributed by atoms with Crippen LogP contribution in [0.3, 0.4) is 0 Å². The van der Waals surface area contributed by atoms with Gasteiger partial charge in [-0.2, -0.15) is 0 Å². The zero-order chi connectivity index (χ0) is 16.2. The van der Waals surface area contributed by atoms with Gasteiger partial charge in [0.05, 0.1) is 0 Å². The van der Waals surface area contributed by atoms with Crippen LogP contribution in [0.4, 0.5) is 0 Å². The van der Waals surface area contributed by atoms with E-state index in [1.807, 2.05) is 60.9 Å². The first-order chi connectivity index (χ1) is 11.1. The molecular weight excluding hydrogens is 304 g/mol. The quantitative estimate of drug-likeness (QED) is 0.703. The van der Waals surface area contributed by atoms with Gasteiger partial charge in [0.15, 0.2) is 11.6 Å². The maximum absolute atomic E-state index is 12.3. The van der Waals surface area contributed by atoms with Gasteiger partial charge >= 0.3 is 0 Å². The number of ketones is 2. The molecule has 0 spiro atoms. The molecule has 2 aromatic rings. The fourth-order valence-electron chi connectivity index (χ4n) is 2.57. The minimum absolute atomic E-state index is 0.0244. The molecule has 1 aliphatic rings. The van der Waals surface area contributed by atoms with Crippen molar-refractivity contribution in [1.29, 1.82) is 0 Å².